The largest absolute Gasteiger partial charge is 0.467 e. The first-order chi connectivity index (χ1) is 14.9. The first-order valence-corrected chi connectivity index (χ1v) is 10.3. The van der Waals surface area contributed by atoms with Crippen LogP contribution in [0.15, 0.2) is 60.7 Å². The Bertz CT molecular complexity index is 842. The van der Waals surface area contributed by atoms with Crippen LogP contribution in [0.4, 0.5) is 4.79 Å². The fraction of sp³-hybridized carbons (Fsp3) is 0.375. The molecule has 7 heteroatoms. The summed E-state index contributed by atoms with van der Waals surface area (Å²) in [5.41, 5.74) is 1.73. The van der Waals surface area contributed by atoms with Crippen LogP contribution < -0.4 is 10.6 Å². The summed E-state index contributed by atoms with van der Waals surface area (Å²) in [4.78, 5) is 37.5. The minimum Gasteiger partial charge on any atom is -0.467 e. The van der Waals surface area contributed by atoms with Crippen LogP contribution >= 0.6 is 0 Å². The fourth-order valence-corrected chi connectivity index (χ4v) is 3.04. The molecule has 2 amide bonds. The van der Waals surface area contributed by atoms with E-state index in [1.807, 2.05) is 74.5 Å². The van der Waals surface area contributed by atoms with Crippen molar-refractivity contribution in [1.82, 2.24) is 10.6 Å². The van der Waals surface area contributed by atoms with Gasteiger partial charge in [0.25, 0.3) is 0 Å². The van der Waals surface area contributed by atoms with Gasteiger partial charge in [-0.2, -0.15) is 0 Å². The molecule has 0 aliphatic rings. The summed E-state index contributed by atoms with van der Waals surface area (Å²) < 4.78 is 10.1. The third-order valence-corrected chi connectivity index (χ3v) is 5.07. The number of nitrogens with one attached hydrogen (secondary N) is 2. The normalized spacial score (nSPS) is 13.4. The van der Waals surface area contributed by atoms with Crippen molar-refractivity contribution in [3.8, 4) is 0 Å². The highest BCUT2D eigenvalue weighted by atomic mass is 16.5. The zero-order valence-corrected chi connectivity index (χ0v) is 18.2. The van der Waals surface area contributed by atoms with E-state index in [2.05, 4.69) is 10.6 Å². The van der Waals surface area contributed by atoms with Gasteiger partial charge in [-0.15, -0.1) is 0 Å². The highest BCUT2D eigenvalue weighted by Crippen LogP contribution is 2.11. The molecule has 2 aromatic rings. The lowest BCUT2D eigenvalue weighted by Crippen LogP contribution is -2.54. The number of hydrogen-bond donors (Lipinski definition) is 2. The molecule has 0 fully saturated rings. The summed E-state index contributed by atoms with van der Waals surface area (Å²) >= 11 is 0. The van der Waals surface area contributed by atoms with Gasteiger partial charge in [0.05, 0.1) is 7.11 Å². The third-order valence-electron chi connectivity index (χ3n) is 5.07. The van der Waals surface area contributed by atoms with E-state index >= 15 is 0 Å². The van der Waals surface area contributed by atoms with E-state index in [0.717, 1.165) is 11.1 Å². The predicted octanol–water partition coefficient (Wildman–Crippen LogP) is 3.23. The quantitative estimate of drug-likeness (QED) is 0.569. The van der Waals surface area contributed by atoms with Gasteiger partial charge in [0.15, 0.2) is 0 Å². The molecule has 7 nitrogen and oxygen atoms in total. The van der Waals surface area contributed by atoms with E-state index in [-0.39, 0.29) is 18.9 Å². The SMILES string of the molecule is CCC(C)[C@@H](NC(=O)OCc1ccccc1)C(=O)N[C@H](Cc1ccccc1)C(=O)OC. The summed E-state index contributed by atoms with van der Waals surface area (Å²) in [5.74, 6) is -1.18. The number of alkyl carbamates (subject to hydrolysis) is 1. The summed E-state index contributed by atoms with van der Waals surface area (Å²) in [7, 11) is 1.28. The monoisotopic (exact) mass is 426 g/mol. The van der Waals surface area contributed by atoms with Gasteiger partial charge in [-0.05, 0) is 17.0 Å². The second kappa shape index (κ2) is 12.4. The lowest BCUT2D eigenvalue weighted by Gasteiger charge is -2.25. The Balaban J connectivity index is 2.03. The standard InChI is InChI=1S/C24H30N2O5/c1-4-17(2)21(26-24(29)31-16-19-13-9-6-10-14-19)22(27)25-20(23(28)30-3)15-18-11-7-5-8-12-18/h5-14,17,20-21H,4,15-16H2,1-3H3,(H,25,27)(H,26,29)/t17?,20-,21-/m1/s1. The first-order valence-electron chi connectivity index (χ1n) is 10.3. The molecule has 0 aromatic heterocycles. The summed E-state index contributed by atoms with van der Waals surface area (Å²) in [6.07, 6.45) is 0.241. The number of benzene rings is 2. The van der Waals surface area contributed by atoms with Crippen molar-refractivity contribution < 1.29 is 23.9 Å². The molecule has 0 spiro atoms. The molecule has 2 rings (SSSR count). The molecule has 0 bridgehead atoms. The van der Waals surface area contributed by atoms with Crippen molar-refractivity contribution in [3.05, 3.63) is 71.8 Å². The molecule has 31 heavy (non-hydrogen) atoms. The van der Waals surface area contributed by atoms with Crippen LogP contribution in [0.1, 0.15) is 31.4 Å². The average molecular weight is 427 g/mol. The number of amides is 2. The number of hydrogen-bond acceptors (Lipinski definition) is 5. The summed E-state index contributed by atoms with van der Waals surface area (Å²) in [6, 6.07) is 16.9. The average Bonchev–Trinajstić information content (AvgIpc) is 2.81. The van der Waals surface area contributed by atoms with Gasteiger partial charge in [-0.25, -0.2) is 9.59 Å². The Morgan fingerprint density at radius 2 is 1.48 bits per heavy atom. The Hall–Kier alpha value is -3.35. The van der Waals surface area contributed by atoms with Crippen molar-refractivity contribution in [1.29, 1.82) is 0 Å². The molecule has 1 unspecified atom stereocenters. The number of esters is 1. The molecule has 0 aliphatic carbocycles. The molecule has 0 saturated carbocycles. The van der Waals surface area contributed by atoms with E-state index in [1.54, 1.807) is 0 Å². The minimum absolute atomic E-state index is 0.0975. The molecule has 2 N–H and O–H groups in total. The summed E-state index contributed by atoms with van der Waals surface area (Å²) in [5, 5.41) is 5.37. The number of methoxy groups -OCH3 is 1. The molecule has 0 aliphatic heterocycles. The topological polar surface area (TPSA) is 93.7 Å². The van der Waals surface area contributed by atoms with Gasteiger partial charge in [-0.3, -0.25) is 4.79 Å². The maximum absolute atomic E-state index is 13.0. The van der Waals surface area contributed by atoms with Crippen LogP contribution in [0.25, 0.3) is 0 Å². The van der Waals surface area contributed by atoms with Crippen molar-refractivity contribution in [2.24, 2.45) is 5.92 Å². The van der Waals surface area contributed by atoms with E-state index in [4.69, 9.17) is 9.47 Å². The zero-order valence-electron chi connectivity index (χ0n) is 18.2. The van der Waals surface area contributed by atoms with Gasteiger partial charge in [0.1, 0.15) is 18.7 Å². The van der Waals surface area contributed by atoms with Crippen molar-refractivity contribution >= 4 is 18.0 Å². The lowest BCUT2D eigenvalue weighted by atomic mass is 9.97. The van der Waals surface area contributed by atoms with Gasteiger partial charge in [0.2, 0.25) is 5.91 Å². The molecule has 0 saturated heterocycles. The van der Waals surface area contributed by atoms with Gasteiger partial charge in [0, 0.05) is 6.42 Å². The zero-order chi connectivity index (χ0) is 22.6. The van der Waals surface area contributed by atoms with Gasteiger partial charge >= 0.3 is 12.1 Å². The molecular formula is C24H30N2O5. The van der Waals surface area contributed by atoms with Crippen LogP contribution in [0.3, 0.4) is 0 Å². The Kier molecular flexibility index (Phi) is 9.55. The summed E-state index contributed by atoms with van der Waals surface area (Å²) in [6.45, 7) is 3.87. The maximum Gasteiger partial charge on any atom is 0.408 e. The molecule has 3 atom stereocenters. The fourth-order valence-electron chi connectivity index (χ4n) is 3.04. The van der Waals surface area contributed by atoms with Gasteiger partial charge in [-0.1, -0.05) is 80.9 Å². The third kappa shape index (κ3) is 7.77. The smallest absolute Gasteiger partial charge is 0.408 e. The first kappa shape index (κ1) is 23.9. The number of rotatable bonds is 10. The van der Waals surface area contributed by atoms with Crippen LogP contribution in [0, 0.1) is 5.92 Å². The predicted molar refractivity (Wildman–Crippen MR) is 117 cm³/mol. The number of carbonyl (C=O) groups is 3. The Morgan fingerprint density at radius 3 is 2.03 bits per heavy atom. The van der Waals surface area contributed by atoms with E-state index in [1.165, 1.54) is 7.11 Å². The second-order valence-corrected chi connectivity index (χ2v) is 7.34. The Morgan fingerprint density at radius 1 is 0.903 bits per heavy atom. The minimum atomic E-state index is -0.867. The van der Waals surface area contributed by atoms with Crippen LogP contribution in [-0.2, 0) is 32.1 Å². The molecule has 2 aromatic carbocycles. The number of carbonyl (C=O) groups excluding carboxylic acids is 3. The number of ether oxygens (including phenoxy) is 2. The van der Waals surface area contributed by atoms with Crippen LogP contribution in [-0.4, -0.2) is 37.2 Å². The maximum atomic E-state index is 13.0. The van der Waals surface area contributed by atoms with E-state index in [9.17, 15) is 14.4 Å². The van der Waals surface area contributed by atoms with Crippen LogP contribution in [0.2, 0.25) is 0 Å². The molecular weight excluding hydrogens is 396 g/mol. The molecule has 0 radical (unpaired) electrons. The van der Waals surface area contributed by atoms with Gasteiger partial charge < -0.3 is 20.1 Å². The molecule has 166 valence electrons. The van der Waals surface area contributed by atoms with Crippen molar-refractivity contribution in [2.75, 3.05) is 7.11 Å². The second-order valence-electron chi connectivity index (χ2n) is 7.34. The lowest BCUT2D eigenvalue weighted by molar-refractivity contribution is -0.145. The molecule has 0 heterocycles. The van der Waals surface area contributed by atoms with Crippen molar-refractivity contribution in [2.45, 2.75) is 45.4 Å². The highest BCUT2D eigenvalue weighted by molar-refractivity contribution is 5.90. The van der Waals surface area contributed by atoms with E-state index < -0.39 is 30.1 Å². The van der Waals surface area contributed by atoms with E-state index in [0.29, 0.717) is 6.42 Å². The van der Waals surface area contributed by atoms with Crippen LogP contribution in [0.5, 0.6) is 0 Å². The van der Waals surface area contributed by atoms with Crippen molar-refractivity contribution in [3.63, 3.8) is 0 Å². The Labute approximate surface area is 183 Å². The highest BCUT2D eigenvalue weighted by Gasteiger charge is 2.30.